The molecular weight excluding hydrogens is 550 g/mol. The maximum absolute atomic E-state index is 13.9. The van der Waals surface area contributed by atoms with Gasteiger partial charge < -0.3 is 15.3 Å². The highest BCUT2D eigenvalue weighted by atomic mass is 79.9. The molecule has 0 unspecified atom stereocenters. The Hall–Kier alpha value is -2.99. The maximum Gasteiger partial charge on any atom is 0.411 e. The van der Waals surface area contributed by atoms with Gasteiger partial charge in [-0.3, -0.25) is 14.5 Å². The number of amides is 4. The van der Waals surface area contributed by atoms with Gasteiger partial charge in [-0.1, -0.05) is 34.1 Å². The van der Waals surface area contributed by atoms with Gasteiger partial charge in [-0.15, -0.1) is 0 Å². The standard InChI is InChI=1S/C24H22BrF4N3O4/c1-22(2,24(27,28)29)32(11-13-3-6-15(26)7-4-13)19(34)12-31-20(35)23(30-21(31)36)10-18(33)16-9-14(25)5-8-17(16)23/h3-9,18,33H,10-12H2,1-2H3,(H,30,36)/t18-,23+/m1/s1. The van der Waals surface area contributed by atoms with Crippen molar-refractivity contribution in [3.05, 3.63) is 69.4 Å². The monoisotopic (exact) mass is 571 g/mol. The van der Waals surface area contributed by atoms with Gasteiger partial charge in [-0.25, -0.2) is 9.18 Å². The minimum absolute atomic E-state index is 0.179. The molecule has 1 heterocycles. The fourth-order valence-corrected chi connectivity index (χ4v) is 4.92. The molecule has 1 saturated heterocycles. The van der Waals surface area contributed by atoms with Crippen LogP contribution in [0.15, 0.2) is 46.9 Å². The van der Waals surface area contributed by atoms with E-state index in [-0.39, 0.29) is 12.0 Å². The second-order valence-corrected chi connectivity index (χ2v) is 10.3. The second kappa shape index (κ2) is 8.84. The van der Waals surface area contributed by atoms with Gasteiger partial charge in [0.05, 0.1) is 6.10 Å². The Kier molecular flexibility index (Phi) is 6.40. The Bertz CT molecular complexity index is 1230. The van der Waals surface area contributed by atoms with Gasteiger partial charge in [-0.2, -0.15) is 13.2 Å². The number of hydrogen-bond acceptors (Lipinski definition) is 4. The van der Waals surface area contributed by atoms with Crippen molar-refractivity contribution in [3.8, 4) is 0 Å². The third kappa shape index (κ3) is 4.26. The first kappa shape index (κ1) is 26.1. The zero-order chi connectivity index (χ0) is 26.6. The smallest absolute Gasteiger partial charge is 0.388 e. The van der Waals surface area contributed by atoms with Gasteiger partial charge in [0, 0.05) is 17.4 Å². The van der Waals surface area contributed by atoms with E-state index in [4.69, 9.17) is 0 Å². The summed E-state index contributed by atoms with van der Waals surface area (Å²) in [5.41, 5.74) is -3.30. The SMILES string of the molecule is CC(C)(N(Cc1ccc(F)cc1)C(=O)CN1C(=O)N[C@]2(C[C@@H](O)c3cc(Br)ccc32)C1=O)C(F)(F)F. The van der Waals surface area contributed by atoms with Crippen molar-refractivity contribution >= 4 is 33.8 Å². The van der Waals surface area contributed by atoms with E-state index < -0.39 is 60.1 Å². The molecule has 12 heteroatoms. The summed E-state index contributed by atoms with van der Waals surface area (Å²) < 4.78 is 55.7. The number of aliphatic hydroxyl groups is 1. The largest absolute Gasteiger partial charge is 0.411 e. The molecule has 4 rings (SSSR count). The molecule has 2 atom stereocenters. The Morgan fingerprint density at radius 3 is 2.44 bits per heavy atom. The predicted octanol–water partition coefficient (Wildman–Crippen LogP) is 4.14. The highest BCUT2D eigenvalue weighted by Gasteiger charge is 2.59. The minimum Gasteiger partial charge on any atom is -0.388 e. The van der Waals surface area contributed by atoms with E-state index >= 15 is 0 Å². The molecule has 192 valence electrons. The molecule has 36 heavy (non-hydrogen) atoms. The van der Waals surface area contributed by atoms with Gasteiger partial charge in [0.2, 0.25) is 5.91 Å². The van der Waals surface area contributed by atoms with Gasteiger partial charge in [0.25, 0.3) is 5.91 Å². The fraction of sp³-hybridized carbons (Fsp3) is 0.375. The molecule has 2 N–H and O–H groups in total. The van der Waals surface area contributed by atoms with Crippen LogP contribution in [0, 0.1) is 5.82 Å². The van der Waals surface area contributed by atoms with Crippen LogP contribution in [0.3, 0.4) is 0 Å². The Labute approximate surface area is 212 Å². The first-order valence-corrected chi connectivity index (χ1v) is 11.7. The summed E-state index contributed by atoms with van der Waals surface area (Å²) in [6, 6.07) is 8.46. The molecule has 4 amide bonds. The van der Waals surface area contributed by atoms with Crippen molar-refractivity contribution in [2.45, 2.75) is 50.2 Å². The molecule has 0 aromatic heterocycles. The van der Waals surface area contributed by atoms with E-state index in [0.717, 1.165) is 26.0 Å². The normalized spacial score (nSPS) is 21.7. The lowest BCUT2D eigenvalue weighted by atomic mass is 9.92. The van der Waals surface area contributed by atoms with Crippen LogP contribution in [0.1, 0.15) is 43.1 Å². The van der Waals surface area contributed by atoms with Crippen LogP contribution in [0.4, 0.5) is 22.4 Å². The first-order valence-electron chi connectivity index (χ1n) is 10.9. The molecule has 1 aliphatic carbocycles. The number of halogens is 5. The van der Waals surface area contributed by atoms with Crippen molar-refractivity contribution in [3.63, 3.8) is 0 Å². The molecule has 0 radical (unpaired) electrons. The molecule has 2 aliphatic rings. The third-order valence-electron chi connectivity index (χ3n) is 6.72. The van der Waals surface area contributed by atoms with Crippen molar-refractivity contribution in [1.82, 2.24) is 15.1 Å². The summed E-state index contributed by atoms with van der Waals surface area (Å²) in [7, 11) is 0. The fourth-order valence-electron chi connectivity index (χ4n) is 4.54. The number of carbonyl (C=O) groups excluding carboxylic acids is 3. The quantitative estimate of drug-likeness (QED) is 0.417. The lowest BCUT2D eigenvalue weighted by Crippen LogP contribution is -2.58. The first-order chi connectivity index (χ1) is 16.7. The van der Waals surface area contributed by atoms with Gasteiger partial charge in [-0.05, 0) is 54.8 Å². The minimum atomic E-state index is -4.84. The molecule has 7 nitrogen and oxygen atoms in total. The number of hydrogen-bond donors (Lipinski definition) is 2. The molecule has 0 saturated carbocycles. The molecule has 2 aromatic carbocycles. The number of fused-ring (bicyclic) bond motifs is 2. The number of urea groups is 1. The average Bonchev–Trinajstić information content (AvgIpc) is 3.19. The number of aliphatic hydroxyl groups excluding tert-OH is 1. The van der Waals surface area contributed by atoms with E-state index in [1.54, 1.807) is 18.2 Å². The van der Waals surface area contributed by atoms with Crippen LogP contribution in [-0.4, -0.2) is 51.0 Å². The third-order valence-corrected chi connectivity index (χ3v) is 7.22. The van der Waals surface area contributed by atoms with E-state index in [1.165, 1.54) is 12.1 Å². The zero-order valence-corrected chi connectivity index (χ0v) is 20.8. The molecule has 1 aliphatic heterocycles. The topological polar surface area (TPSA) is 90.0 Å². The highest BCUT2D eigenvalue weighted by molar-refractivity contribution is 9.10. The van der Waals surface area contributed by atoms with Crippen LogP contribution in [0.25, 0.3) is 0 Å². The lowest BCUT2D eigenvalue weighted by Gasteiger charge is -2.40. The predicted molar refractivity (Wildman–Crippen MR) is 123 cm³/mol. The van der Waals surface area contributed by atoms with E-state index in [1.807, 2.05) is 0 Å². The lowest BCUT2D eigenvalue weighted by molar-refractivity contribution is -0.223. The van der Waals surface area contributed by atoms with Crippen molar-refractivity contribution in [2.75, 3.05) is 6.54 Å². The zero-order valence-electron chi connectivity index (χ0n) is 19.2. The Morgan fingerprint density at radius 1 is 1.19 bits per heavy atom. The van der Waals surface area contributed by atoms with Crippen molar-refractivity contribution in [2.24, 2.45) is 0 Å². The number of benzene rings is 2. The van der Waals surface area contributed by atoms with Crippen molar-refractivity contribution in [1.29, 1.82) is 0 Å². The molecule has 1 fully saturated rings. The van der Waals surface area contributed by atoms with Crippen molar-refractivity contribution < 1.29 is 37.1 Å². The molecular formula is C24H22BrF4N3O4. The molecule has 0 bridgehead atoms. The number of nitrogens with zero attached hydrogens (tertiary/aromatic N) is 2. The van der Waals surface area contributed by atoms with Crippen LogP contribution < -0.4 is 5.32 Å². The van der Waals surface area contributed by atoms with E-state index in [9.17, 15) is 37.1 Å². The number of rotatable bonds is 5. The van der Waals surface area contributed by atoms with E-state index in [0.29, 0.717) is 25.4 Å². The summed E-state index contributed by atoms with van der Waals surface area (Å²) in [4.78, 5) is 40.5. The summed E-state index contributed by atoms with van der Waals surface area (Å²) in [5.74, 6) is -2.56. The Balaban J connectivity index is 1.64. The van der Waals surface area contributed by atoms with Gasteiger partial charge in [0.15, 0.2) is 0 Å². The maximum atomic E-state index is 13.9. The molecule has 2 aromatic rings. The average molecular weight is 572 g/mol. The number of carbonyl (C=O) groups is 3. The van der Waals surface area contributed by atoms with Crippen LogP contribution >= 0.6 is 15.9 Å². The summed E-state index contributed by atoms with van der Waals surface area (Å²) in [5, 5.41) is 13.0. The Morgan fingerprint density at radius 2 is 1.83 bits per heavy atom. The van der Waals surface area contributed by atoms with Gasteiger partial charge in [0.1, 0.15) is 23.4 Å². The summed E-state index contributed by atoms with van der Waals surface area (Å²) in [6.07, 6.45) is -6.10. The molecule has 1 spiro atoms. The second-order valence-electron chi connectivity index (χ2n) is 9.34. The van der Waals surface area contributed by atoms with Crippen LogP contribution in [-0.2, 0) is 21.7 Å². The van der Waals surface area contributed by atoms with Crippen LogP contribution in [0.5, 0.6) is 0 Å². The number of imide groups is 1. The number of nitrogens with one attached hydrogen (secondary N) is 1. The van der Waals surface area contributed by atoms with E-state index in [2.05, 4.69) is 21.2 Å². The van der Waals surface area contributed by atoms with Crippen LogP contribution in [0.2, 0.25) is 0 Å². The summed E-state index contributed by atoms with van der Waals surface area (Å²) >= 11 is 3.29. The summed E-state index contributed by atoms with van der Waals surface area (Å²) in [6.45, 7) is 0.136. The number of alkyl halides is 3. The van der Waals surface area contributed by atoms with Gasteiger partial charge >= 0.3 is 12.2 Å². The highest BCUT2D eigenvalue weighted by Crippen LogP contribution is 2.47.